The molecule has 1 aromatic heterocycles. The van der Waals surface area contributed by atoms with E-state index in [2.05, 4.69) is 47.4 Å². The number of rotatable bonds is 5. The molecule has 1 aromatic carbocycles. The highest BCUT2D eigenvalue weighted by Gasteiger charge is 1.95. The molecule has 0 aliphatic carbocycles. The number of thioether (sulfide) groups is 1. The number of H-pyrrole nitrogens is 1. The number of aromatic amines is 1. The molecular weight excluding hydrogens is 214 g/mol. The van der Waals surface area contributed by atoms with Gasteiger partial charge in [-0.1, -0.05) is 30.3 Å². The topological polar surface area (TPSA) is 14.1 Å². The number of aromatic nitrogens is 1. The first-order valence-corrected chi connectivity index (χ1v) is 6.67. The Hall–Kier alpha value is -1.28. The van der Waals surface area contributed by atoms with Crippen molar-refractivity contribution >= 4 is 11.8 Å². The van der Waals surface area contributed by atoms with Crippen molar-refractivity contribution in [3.05, 3.63) is 66.0 Å². The smallest absolute Gasteiger partial charge is 0.167 e. The van der Waals surface area contributed by atoms with E-state index in [1.54, 1.807) is 0 Å². The Morgan fingerprint density at radius 3 is 2.38 bits per heavy atom. The fraction of sp³-hybridized carbons (Fsp3) is 0.214. The molecule has 16 heavy (non-hydrogen) atoms. The van der Waals surface area contributed by atoms with Crippen LogP contribution >= 0.6 is 11.8 Å². The minimum Gasteiger partial charge on any atom is -0.218 e. The molecular formula is C14H16NS+. The molecule has 0 saturated carbocycles. The van der Waals surface area contributed by atoms with Crippen molar-refractivity contribution in [2.24, 2.45) is 0 Å². The average molecular weight is 230 g/mol. The SMILES string of the molecule is c1ccc(CSCCc2cc[nH+]cc2)cc1. The zero-order valence-electron chi connectivity index (χ0n) is 9.23. The van der Waals surface area contributed by atoms with Crippen LogP contribution in [-0.4, -0.2) is 5.75 Å². The lowest BCUT2D eigenvalue weighted by Gasteiger charge is -2.01. The van der Waals surface area contributed by atoms with Gasteiger partial charge in [0.15, 0.2) is 12.4 Å². The second kappa shape index (κ2) is 6.33. The van der Waals surface area contributed by atoms with Crippen LogP contribution in [0.3, 0.4) is 0 Å². The van der Waals surface area contributed by atoms with E-state index < -0.39 is 0 Å². The summed E-state index contributed by atoms with van der Waals surface area (Å²) in [5.74, 6) is 2.29. The summed E-state index contributed by atoms with van der Waals surface area (Å²) in [4.78, 5) is 3.04. The van der Waals surface area contributed by atoms with E-state index in [4.69, 9.17) is 0 Å². The first kappa shape index (κ1) is 11.2. The molecule has 0 atom stereocenters. The standard InChI is InChI=1S/C14H15NS/c1-2-4-14(5-3-1)12-16-11-8-13-6-9-15-10-7-13/h1-7,9-10H,8,11-12H2/p+1. The van der Waals surface area contributed by atoms with Crippen LogP contribution in [0.5, 0.6) is 0 Å². The van der Waals surface area contributed by atoms with Crippen LogP contribution in [0.2, 0.25) is 0 Å². The maximum absolute atomic E-state index is 3.04. The summed E-state index contributed by atoms with van der Waals surface area (Å²) in [6.45, 7) is 0. The summed E-state index contributed by atoms with van der Waals surface area (Å²) < 4.78 is 0. The number of benzene rings is 1. The second-order valence-electron chi connectivity index (χ2n) is 3.70. The monoisotopic (exact) mass is 230 g/mol. The van der Waals surface area contributed by atoms with Crippen molar-refractivity contribution in [3.63, 3.8) is 0 Å². The van der Waals surface area contributed by atoms with E-state index in [9.17, 15) is 0 Å². The van der Waals surface area contributed by atoms with Gasteiger partial charge in [0.25, 0.3) is 0 Å². The third-order valence-electron chi connectivity index (χ3n) is 2.43. The number of hydrogen-bond acceptors (Lipinski definition) is 1. The van der Waals surface area contributed by atoms with Gasteiger partial charge in [0, 0.05) is 17.9 Å². The van der Waals surface area contributed by atoms with Crippen molar-refractivity contribution in [3.8, 4) is 0 Å². The van der Waals surface area contributed by atoms with Crippen LogP contribution in [0.15, 0.2) is 54.9 Å². The van der Waals surface area contributed by atoms with Gasteiger partial charge in [-0.2, -0.15) is 11.8 Å². The van der Waals surface area contributed by atoms with E-state index in [-0.39, 0.29) is 0 Å². The maximum Gasteiger partial charge on any atom is 0.167 e. The van der Waals surface area contributed by atoms with Crippen LogP contribution in [0, 0.1) is 0 Å². The van der Waals surface area contributed by atoms with Gasteiger partial charge in [-0.25, -0.2) is 4.98 Å². The molecule has 0 amide bonds. The third kappa shape index (κ3) is 3.70. The van der Waals surface area contributed by atoms with Crippen molar-refractivity contribution in [2.45, 2.75) is 12.2 Å². The Labute approximate surface area is 101 Å². The summed E-state index contributed by atoms with van der Waals surface area (Å²) >= 11 is 1.99. The van der Waals surface area contributed by atoms with Crippen molar-refractivity contribution in [2.75, 3.05) is 5.75 Å². The number of aryl methyl sites for hydroxylation is 1. The molecule has 0 aliphatic rings. The number of nitrogens with one attached hydrogen (secondary N) is 1. The van der Waals surface area contributed by atoms with E-state index >= 15 is 0 Å². The first-order valence-electron chi connectivity index (χ1n) is 5.52. The molecule has 82 valence electrons. The van der Waals surface area contributed by atoms with Gasteiger partial charge < -0.3 is 0 Å². The molecule has 2 heteroatoms. The highest BCUT2D eigenvalue weighted by Crippen LogP contribution is 2.13. The Balaban J connectivity index is 1.70. The minimum atomic E-state index is 1.11. The van der Waals surface area contributed by atoms with E-state index in [0.717, 1.165) is 12.2 Å². The first-order chi connectivity index (χ1) is 7.95. The summed E-state index contributed by atoms with van der Waals surface area (Å²) in [7, 11) is 0. The van der Waals surface area contributed by atoms with Gasteiger partial charge in [-0.05, 0) is 23.3 Å². The lowest BCUT2D eigenvalue weighted by molar-refractivity contribution is -0.378. The van der Waals surface area contributed by atoms with Crippen LogP contribution in [-0.2, 0) is 12.2 Å². The fourth-order valence-corrected chi connectivity index (χ4v) is 2.49. The number of hydrogen-bond donors (Lipinski definition) is 0. The highest BCUT2D eigenvalue weighted by atomic mass is 32.2. The van der Waals surface area contributed by atoms with Crippen LogP contribution in [0.1, 0.15) is 11.1 Å². The quantitative estimate of drug-likeness (QED) is 0.720. The molecule has 2 rings (SSSR count). The van der Waals surface area contributed by atoms with E-state index in [1.165, 1.54) is 16.9 Å². The lowest BCUT2D eigenvalue weighted by Crippen LogP contribution is -1.99. The molecule has 0 aliphatic heterocycles. The molecule has 0 saturated heterocycles. The second-order valence-corrected chi connectivity index (χ2v) is 4.80. The summed E-state index contributed by atoms with van der Waals surface area (Å²) in [5, 5.41) is 0. The summed E-state index contributed by atoms with van der Waals surface area (Å²) in [6, 6.07) is 14.9. The van der Waals surface area contributed by atoms with Gasteiger partial charge in [0.05, 0.1) is 0 Å². The number of pyridine rings is 1. The Kier molecular flexibility index (Phi) is 4.44. The molecule has 0 radical (unpaired) electrons. The zero-order chi connectivity index (χ0) is 11.1. The fourth-order valence-electron chi connectivity index (χ4n) is 1.54. The van der Waals surface area contributed by atoms with Gasteiger partial charge in [-0.15, -0.1) is 0 Å². The predicted molar refractivity (Wildman–Crippen MR) is 69.3 cm³/mol. The summed E-state index contributed by atoms with van der Waals surface area (Å²) in [6.07, 6.45) is 5.11. The Morgan fingerprint density at radius 2 is 1.62 bits per heavy atom. The molecule has 1 N–H and O–H groups in total. The Morgan fingerprint density at radius 1 is 0.875 bits per heavy atom. The van der Waals surface area contributed by atoms with Crippen molar-refractivity contribution in [1.82, 2.24) is 0 Å². The zero-order valence-corrected chi connectivity index (χ0v) is 10.0. The van der Waals surface area contributed by atoms with Gasteiger partial charge in [0.1, 0.15) is 0 Å². The molecule has 1 nitrogen and oxygen atoms in total. The molecule has 0 bridgehead atoms. The molecule has 0 unspecified atom stereocenters. The maximum atomic E-state index is 3.04. The predicted octanol–water partition coefficient (Wildman–Crippen LogP) is 2.98. The van der Waals surface area contributed by atoms with Gasteiger partial charge >= 0.3 is 0 Å². The largest absolute Gasteiger partial charge is 0.218 e. The molecule has 0 fully saturated rings. The van der Waals surface area contributed by atoms with Crippen molar-refractivity contribution < 1.29 is 4.98 Å². The molecule has 1 heterocycles. The molecule has 0 spiro atoms. The third-order valence-corrected chi connectivity index (χ3v) is 3.46. The van der Waals surface area contributed by atoms with Gasteiger partial charge in [0.2, 0.25) is 0 Å². The van der Waals surface area contributed by atoms with Gasteiger partial charge in [-0.3, -0.25) is 0 Å². The minimum absolute atomic E-state index is 1.11. The lowest BCUT2D eigenvalue weighted by atomic mass is 10.2. The van der Waals surface area contributed by atoms with Crippen LogP contribution in [0.4, 0.5) is 0 Å². The molecule has 2 aromatic rings. The van der Waals surface area contributed by atoms with E-state index in [0.29, 0.717) is 0 Å². The summed E-state index contributed by atoms with van der Waals surface area (Å²) in [5.41, 5.74) is 2.81. The normalized spacial score (nSPS) is 10.2. The van der Waals surface area contributed by atoms with E-state index in [1.807, 2.05) is 24.2 Å². The van der Waals surface area contributed by atoms with Crippen molar-refractivity contribution in [1.29, 1.82) is 0 Å². The van der Waals surface area contributed by atoms with Crippen LogP contribution in [0.25, 0.3) is 0 Å². The average Bonchev–Trinajstić information content (AvgIpc) is 2.37. The highest BCUT2D eigenvalue weighted by molar-refractivity contribution is 7.98. The Bertz CT molecular complexity index is 358. The van der Waals surface area contributed by atoms with Crippen LogP contribution < -0.4 is 4.98 Å².